The molecule has 0 fully saturated rings. The van der Waals surface area contributed by atoms with E-state index in [-0.39, 0.29) is 44.1 Å². The Morgan fingerprint density at radius 2 is 1.48 bits per heavy atom. The highest BCUT2D eigenvalue weighted by Gasteiger charge is 2.22. The van der Waals surface area contributed by atoms with Crippen LogP contribution < -0.4 is 10.6 Å². The fourth-order valence-electron chi connectivity index (χ4n) is 2.00. The molecule has 1 aliphatic rings. The van der Waals surface area contributed by atoms with Crippen LogP contribution in [-0.2, 0) is 33.4 Å². The molecule has 1 rings (SSSR count). The average Bonchev–Trinajstić information content (AvgIpc) is 2.94. The second-order valence-electron chi connectivity index (χ2n) is 5.49. The largest absolute Gasteiger partial charge is 0.480 e. The zero-order chi connectivity index (χ0) is 20.1. The second kappa shape index (κ2) is 12.5. The third-order valence-corrected chi connectivity index (χ3v) is 3.31. The minimum atomic E-state index is -1.15. The molecule has 1 heterocycles. The monoisotopic (exact) mass is 385 g/mol. The van der Waals surface area contributed by atoms with Crippen molar-refractivity contribution in [3.63, 3.8) is 0 Å². The number of hydrogen-bond acceptors (Lipinski definition) is 7. The molecule has 0 aromatic carbocycles. The number of carbonyl (C=O) groups is 5. The number of nitrogens with one attached hydrogen (secondary N) is 2. The van der Waals surface area contributed by atoms with E-state index in [2.05, 4.69) is 10.6 Å². The second-order valence-corrected chi connectivity index (χ2v) is 5.49. The maximum absolute atomic E-state index is 11.5. The molecule has 3 N–H and O–H groups in total. The molecule has 0 spiro atoms. The molecular formula is C16H23N3O8. The highest BCUT2D eigenvalue weighted by atomic mass is 16.5. The van der Waals surface area contributed by atoms with Crippen LogP contribution in [0.2, 0.25) is 0 Å². The van der Waals surface area contributed by atoms with Gasteiger partial charge in [0.05, 0.1) is 13.2 Å². The van der Waals surface area contributed by atoms with Gasteiger partial charge in [0.2, 0.25) is 11.8 Å². The zero-order valence-electron chi connectivity index (χ0n) is 14.8. The van der Waals surface area contributed by atoms with E-state index < -0.39 is 18.4 Å². The van der Waals surface area contributed by atoms with Crippen LogP contribution in [0.1, 0.15) is 12.8 Å². The summed E-state index contributed by atoms with van der Waals surface area (Å²) in [6.45, 7) is -0.0333. The molecule has 0 bridgehead atoms. The summed E-state index contributed by atoms with van der Waals surface area (Å²) in [5.41, 5.74) is 0. The van der Waals surface area contributed by atoms with Gasteiger partial charge < -0.3 is 25.2 Å². The number of carboxylic acid groups (broad SMARTS) is 1. The van der Waals surface area contributed by atoms with E-state index in [0.29, 0.717) is 25.9 Å². The zero-order valence-corrected chi connectivity index (χ0v) is 14.8. The summed E-state index contributed by atoms with van der Waals surface area (Å²) in [4.78, 5) is 56.7. The molecule has 0 aromatic heterocycles. The van der Waals surface area contributed by atoms with Crippen molar-refractivity contribution in [1.29, 1.82) is 0 Å². The molecule has 0 saturated carbocycles. The lowest BCUT2D eigenvalue weighted by molar-refractivity contribution is -0.139. The lowest BCUT2D eigenvalue weighted by Gasteiger charge is -2.13. The number of hydrogen-bond donors (Lipinski definition) is 3. The first-order valence-corrected chi connectivity index (χ1v) is 8.34. The van der Waals surface area contributed by atoms with E-state index in [9.17, 15) is 24.0 Å². The summed E-state index contributed by atoms with van der Waals surface area (Å²) in [5.74, 6) is -2.65. The lowest BCUT2D eigenvalue weighted by Crippen LogP contribution is -2.33. The van der Waals surface area contributed by atoms with E-state index in [1.54, 1.807) is 0 Å². The summed E-state index contributed by atoms with van der Waals surface area (Å²) in [6, 6.07) is 0. The minimum Gasteiger partial charge on any atom is -0.480 e. The van der Waals surface area contributed by atoms with Gasteiger partial charge in [0.25, 0.3) is 11.8 Å². The van der Waals surface area contributed by atoms with E-state index in [1.165, 1.54) is 12.2 Å². The van der Waals surface area contributed by atoms with Gasteiger partial charge in [-0.2, -0.15) is 0 Å². The number of ether oxygens (including phenoxy) is 2. The first-order valence-electron chi connectivity index (χ1n) is 8.34. The van der Waals surface area contributed by atoms with Gasteiger partial charge in [0.1, 0.15) is 19.8 Å². The smallest absolute Gasteiger partial charge is 0.322 e. The molecule has 0 saturated heterocycles. The Morgan fingerprint density at radius 3 is 2.04 bits per heavy atom. The molecule has 0 atom stereocenters. The molecule has 150 valence electrons. The van der Waals surface area contributed by atoms with Crippen LogP contribution in [0, 0.1) is 0 Å². The first-order chi connectivity index (χ1) is 12.9. The Hall–Kier alpha value is -2.79. The van der Waals surface area contributed by atoms with E-state index >= 15 is 0 Å². The maximum Gasteiger partial charge on any atom is 0.322 e. The Bertz CT molecular complexity index is 572. The van der Waals surface area contributed by atoms with Crippen LogP contribution in [0.5, 0.6) is 0 Å². The quantitative estimate of drug-likeness (QED) is 0.230. The fourth-order valence-corrected chi connectivity index (χ4v) is 2.00. The molecule has 0 aliphatic carbocycles. The van der Waals surface area contributed by atoms with E-state index in [0.717, 1.165) is 4.90 Å². The molecular weight excluding hydrogens is 362 g/mol. The highest BCUT2D eigenvalue weighted by molar-refractivity contribution is 6.12. The number of carboxylic acids is 1. The first kappa shape index (κ1) is 22.3. The normalized spacial score (nSPS) is 13.1. The topological polar surface area (TPSA) is 151 Å². The summed E-state index contributed by atoms with van der Waals surface area (Å²) in [7, 11) is 0. The van der Waals surface area contributed by atoms with Crippen LogP contribution in [0.25, 0.3) is 0 Å². The van der Waals surface area contributed by atoms with Crippen molar-refractivity contribution < 1.29 is 38.6 Å². The summed E-state index contributed by atoms with van der Waals surface area (Å²) < 4.78 is 10.0. The third-order valence-electron chi connectivity index (χ3n) is 3.31. The Labute approximate surface area is 155 Å². The molecule has 27 heavy (non-hydrogen) atoms. The van der Waals surface area contributed by atoms with Crippen molar-refractivity contribution in [2.75, 3.05) is 46.1 Å². The summed E-state index contributed by atoms with van der Waals surface area (Å²) in [5, 5.41) is 13.1. The molecule has 0 aromatic rings. The van der Waals surface area contributed by atoms with E-state index in [1.807, 2.05) is 0 Å². The maximum atomic E-state index is 11.5. The van der Waals surface area contributed by atoms with Gasteiger partial charge in [-0.25, -0.2) is 0 Å². The molecule has 4 amide bonds. The standard InChI is InChI=1S/C16H23N3O8/c20-12(10-26-7-8-27-11-13(21)18-9-16(24)25)17-5-1-2-6-19-14(22)3-4-15(19)23/h3-4H,1-2,5-11H2,(H,17,20)(H,18,21)(H,24,25). The van der Waals surface area contributed by atoms with Gasteiger partial charge >= 0.3 is 5.97 Å². The SMILES string of the molecule is O=C(O)CNC(=O)COCCOCC(=O)NCCCCN1C(=O)C=CC1=O. The molecule has 0 radical (unpaired) electrons. The molecule has 11 heteroatoms. The van der Waals surface area contributed by atoms with Crippen LogP contribution in [-0.4, -0.2) is 85.7 Å². The molecule has 0 unspecified atom stereocenters. The van der Waals surface area contributed by atoms with Crippen molar-refractivity contribution in [2.24, 2.45) is 0 Å². The van der Waals surface area contributed by atoms with Crippen molar-refractivity contribution >= 4 is 29.6 Å². The van der Waals surface area contributed by atoms with Gasteiger partial charge in [-0.3, -0.25) is 28.9 Å². The van der Waals surface area contributed by atoms with Crippen molar-refractivity contribution in [2.45, 2.75) is 12.8 Å². The van der Waals surface area contributed by atoms with Crippen molar-refractivity contribution in [3.05, 3.63) is 12.2 Å². The Kier molecular flexibility index (Phi) is 10.3. The summed E-state index contributed by atoms with van der Waals surface area (Å²) in [6.07, 6.45) is 3.65. The van der Waals surface area contributed by atoms with Crippen molar-refractivity contribution in [3.8, 4) is 0 Å². The number of carbonyl (C=O) groups excluding carboxylic acids is 4. The van der Waals surface area contributed by atoms with Crippen LogP contribution in [0.3, 0.4) is 0 Å². The van der Waals surface area contributed by atoms with E-state index in [4.69, 9.17) is 14.6 Å². The number of imide groups is 1. The van der Waals surface area contributed by atoms with Crippen LogP contribution in [0.4, 0.5) is 0 Å². The number of nitrogens with zero attached hydrogens (tertiary/aromatic N) is 1. The lowest BCUT2D eigenvalue weighted by atomic mass is 10.3. The van der Waals surface area contributed by atoms with Gasteiger partial charge in [-0.15, -0.1) is 0 Å². The number of amides is 4. The van der Waals surface area contributed by atoms with Gasteiger partial charge in [0.15, 0.2) is 0 Å². The third kappa shape index (κ3) is 10.1. The Morgan fingerprint density at radius 1 is 0.926 bits per heavy atom. The van der Waals surface area contributed by atoms with Crippen LogP contribution in [0.15, 0.2) is 12.2 Å². The molecule has 11 nitrogen and oxygen atoms in total. The predicted molar refractivity (Wildman–Crippen MR) is 90.4 cm³/mol. The molecule has 1 aliphatic heterocycles. The predicted octanol–water partition coefficient (Wildman–Crippen LogP) is -1.96. The highest BCUT2D eigenvalue weighted by Crippen LogP contribution is 2.04. The number of aliphatic carboxylic acids is 1. The van der Waals surface area contributed by atoms with Crippen LogP contribution >= 0.6 is 0 Å². The summed E-state index contributed by atoms with van der Waals surface area (Å²) >= 11 is 0. The van der Waals surface area contributed by atoms with Gasteiger partial charge in [0, 0.05) is 25.2 Å². The van der Waals surface area contributed by atoms with Gasteiger partial charge in [-0.05, 0) is 12.8 Å². The average molecular weight is 385 g/mol. The van der Waals surface area contributed by atoms with Gasteiger partial charge in [-0.1, -0.05) is 0 Å². The number of unbranched alkanes of at least 4 members (excludes halogenated alkanes) is 1. The number of rotatable bonds is 14. The fraction of sp³-hybridized carbons (Fsp3) is 0.562. The minimum absolute atomic E-state index is 0.0830. The Balaban J connectivity index is 1.91. The van der Waals surface area contributed by atoms with Crippen molar-refractivity contribution in [1.82, 2.24) is 15.5 Å².